The van der Waals surface area contributed by atoms with E-state index in [1.807, 2.05) is 24.5 Å². The molecule has 2 aromatic heterocycles. The number of anilines is 1. The maximum atomic E-state index is 5.49. The van der Waals surface area contributed by atoms with E-state index in [9.17, 15) is 0 Å². The molecule has 0 bridgehead atoms. The highest BCUT2D eigenvalue weighted by molar-refractivity contribution is 7.80. The highest BCUT2D eigenvalue weighted by atomic mass is 32.1. The third-order valence-corrected chi connectivity index (χ3v) is 5.64. The van der Waals surface area contributed by atoms with Crippen LogP contribution in [0.4, 0.5) is 5.69 Å². The Hall–Kier alpha value is -2.71. The van der Waals surface area contributed by atoms with E-state index in [1.54, 1.807) is 0 Å². The Bertz CT molecular complexity index is 902. The normalized spacial score (nSPS) is 18.3. The Morgan fingerprint density at radius 3 is 2.76 bits per heavy atom. The lowest BCUT2D eigenvalue weighted by molar-refractivity contribution is 0.267. The summed E-state index contributed by atoms with van der Waals surface area (Å²) in [5.74, 6) is 0. The average Bonchev–Trinajstić information content (AvgIpc) is 2.78. The van der Waals surface area contributed by atoms with E-state index in [0.717, 1.165) is 68.2 Å². The molecule has 0 amide bonds. The number of nitrogens with zero attached hydrogens (tertiary/aromatic N) is 6. The van der Waals surface area contributed by atoms with Gasteiger partial charge < -0.3 is 4.90 Å². The minimum absolute atomic E-state index is 0.522. The third kappa shape index (κ3) is 4.65. The lowest BCUT2D eigenvalue weighted by Gasteiger charge is -2.35. The van der Waals surface area contributed by atoms with Gasteiger partial charge in [-0.15, -0.1) is 0 Å². The van der Waals surface area contributed by atoms with Crippen molar-refractivity contribution in [1.29, 1.82) is 0 Å². The lowest BCUT2D eigenvalue weighted by Crippen LogP contribution is -2.46. The molecule has 0 unspecified atom stereocenters. The number of pyridine rings is 2. The number of piperazine rings is 1. The van der Waals surface area contributed by atoms with Gasteiger partial charge in [0, 0.05) is 32.4 Å². The molecule has 0 radical (unpaired) electrons. The van der Waals surface area contributed by atoms with Gasteiger partial charge in [0.05, 0.1) is 35.7 Å². The first-order valence-corrected chi connectivity index (χ1v) is 10.3. The van der Waals surface area contributed by atoms with Crippen molar-refractivity contribution in [2.45, 2.75) is 19.3 Å². The fourth-order valence-electron chi connectivity index (χ4n) is 3.75. The Labute approximate surface area is 176 Å². The first-order valence-electron chi connectivity index (χ1n) is 9.91. The van der Waals surface area contributed by atoms with Crippen LogP contribution in [0.3, 0.4) is 0 Å². The quantitative estimate of drug-likeness (QED) is 0.466. The molecule has 1 aliphatic heterocycles. The monoisotopic (exact) mass is 407 g/mol. The number of fused-ring (bicyclic) bond motifs is 1. The van der Waals surface area contributed by atoms with Gasteiger partial charge >= 0.3 is 0 Å². The van der Waals surface area contributed by atoms with Gasteiger partial charge in [-0.3, -0.25) is 25.3 Å². The Balaban J connectivity index is 1.37. The standard InChI is InChI=1S/C21H25N7S/c1-22-15-27-10-12-28(13-11-27)17-7-8-19(24-14-17)21(29)26-25-18-6-2-4-16-5-3-9-23-20(16)18/h3,5,7-9,14H,1-2,4,6,10-13,15H2,(H,26,29)/b25-18-. The summed E-state index contributed by atoms with van der Waals surface area (Å²) in [4.78, 5) is 18.1. The molecule has 4 rings (SSSR count). The van der Waals surface area contributed by atoms with E-state index >= 15 is 0 Å². The first-order chi connectivity index (χ1) is 14.2. The molecule has 1 aliphatic carbocycles. The minimum atomic E-state index is 0.522. The molecule has 1 saturated heterocycles. The topological polar surface area (TPSA) is 69.0 Å². The van der Waals surface area contributed by atoms with Crippen LogP contribution in [0.15, 0.2) is 46.8 Å². The number of hydrogen-bond donors (Lipinski definition) is 1. The van der Waals surface area contributed by atoms with E-state index < -0.39 is 0 Å². The number of rotatable bonds is 5. The summed E-state index contributed by atoms with van der Waals surface area (Å²) >= 11 is 5.49. The molecule has 7 nitrogen and oxygen atoms in total. The maximum Gasteiger partial charge on any atom is 0.145 e. The summed E-state index contributed by atoms with van der Waals surface area (Å²) < 4.78 is 0. The van der Waals surface area contributed by atoms with Crippen molar-refractivity contribution in [2.75, 3.05) is 37.7 Å². The zero-order valence-corrected chi connectivity index (χ0v) is 17.2. The zero-order chi connectivity index (χ0) is 20.1. The van der Waals surface area contributed by atoms with E-state index in [0.29, 0.717) is 11.7 Å². The van der Waals surface area contributed by atoms with Gasteiger partial charge in [-0.1, -0.05) is 18.3 Å². The van der Waals surface area contributed by atoms with Gasteiger partial charge in [-0.05, 0) is 49.7 Å². The number of aryl methyl sites for hydroxylation is 1. The molecule has 0 saturated carbocycles. The predicted molar refractivity (Wildman–Crippen MR) is 121 cm³/mol. The van der Waals surface area contributed by atoms with E-state index in [-0.39, 0.29) is 0 Å². The molecule has 2 aliphatic rings. The molecule has 0 atom stereocenters. The Morgan fingerprint density at radius 1 is 1.14 bits per heavy atom. The Kier molecular flexibility index (Phi) is 6.21. The van der Waals surface area contributed by atoms with Crippen LogP contribution in [0.5, 0.6) is 0 Å². The van der Waals surface area contributed by atoms with Crippen LogP contribution in [0, 0.1) is 0 Å². The summed E-state index contributed by atoms with van der Waals surface area (Å²) in [6.45, 7) is 8.15. The summed E-state index contributed by atoms with van der Waals surface area (Å²) in [6.07, 6.45) is 6.73. The van der Waals surface area contributed by atoms with E-state index in [2.05, 4.69) is 54.1 Å². The summed E-state index contributed by atoms with van der Waals surface area (Å²) in [5, 5.41) is 4.53. The largest absolute Gasteiger partial charge is 0.368 e. The number of aliphatic imine (C=N–C) groups is 1. The lowest BCUT2D eigenvalue weighted by atomic mass is 9.95. The van der Waals surface area contributed by atoms with Crippen molar-refractivity contribution in [3.63, 3.8) is 0 Å². The highest BCUT2D eigenvalue weighted by Gasteiger charge is 2.18. The molecule has 2 aromatic rings. The molecule has 0 aromatic carbocycles. The van der Waals surface area contributed by atoms with Gasteiger partial charge in [0.1, 0.15) is 4.99 Å². The summed E-state index contributed by atoms with van der Waals surface area (Å²) in [7, 11) is 0. The van der Waals surface area contributed by atoms with Crippen LogP contribution in [-0.4, -0.2) is 65.1 Å². The molecule has 150 valence electrons. The molecule has 8 heteroatoms. The van der Waals surface area contributed by atoms with Crippen LogP contribution in [0.2, 0.25) is 0 Å². The van der Waals surface area contributed by atoms with Crippen molar-refractivity contribution in [2.24, 2.45) is 10.1 Å². The average molecular weight is 408 g/mol. The molecule has 1 N–H and O–H groups in total. The van der Waals surface area contributed by atoms with Gasteiger partial charge in [-0.25, -0.2) is 0 Å². The number of hydrazone groups is 1. The third-order valence-electron chi connectivity index (χ3n) is 5.33. The SMILES string of the molecule is C=NCN1CCN(c2ccc(C(=S)N/N=C3/CCCc4cccnc43)nc2)CC1. The van der Waals surface area contributed by atoms with Crippen LogP contribution < -0.4 is 10.3 Å². The van der Waals surface area contributed by atoms with Gasteiger partial charge in [0.2, 0.25) is 0 Å². The van der Waals surface area contributed by atoms with Crippen LogP contribution >= 0.6 is 12.2 Å². The summed E-state index contributed by atoms with van der Waals surface area (Å²) in [6, 6.07) is 8.11. The number of thiocarbonyl (C=S) groups is 1. The van der Waals surface area contributed by atoms with Gasteiger partial charge in [0.15, 0.2) is 0 Å². The van der Waals surface area contributed by atoms with Gasteiger partial charge in [-0.2, -0.15) is 5.10 Å². The summed E-state index contributed by atoms with van der Waals surface area (Å²) in [5.41, 5.74) is 8.02. The van der Waals surface area contributed by atoms with E-state index in [1.165, 1.54) is 5.56 Å². The minimum Gasteiger partial charge on any atom is -0.368 e. The van der Waals surface area contributed by atoms with E-state index in [4.69, 9.17) is 12.2 Å². The molecule has 1 fully saturated rings. The molecular weight excluding hydrogens is 382 g/mol. The Morgan fingerprint density at radius 2 is 2.00 bits per heavy atom. The highest BCUT2D eigenvalue weighted by Crippen LogP contribution is 2.19. The van der Waals surface area contributed by atoms with Crippen molar-refractivity contribution in [1.82, 2.24) is 20.3 Å². The van der Waals surface area contributed by atoms with Crippen LogP contribution in [-0.2, 0) is 6.42 Å². The predicted octanol–water partition coefficient (Wildman–Crippen LogP) is 2.26. The molecular formula is C21H25N7S. The second-order valence-electron chi connectivity index (χ2n) is 7.24. The number of aromatic nitrogens is 2. The fourth-order valence-corrected chi connectivity index (χ4v) is 3.91. The van der Waals surface area contributed by atoms with Crippen LogP contribution in [0.1, 0.15) is 29.8 Å². The number of nitrogens with one attached hydrogen (secondary N) is 1. The second kappa shape index (κ2) is 9.19. The first kappa shape index (κ1) is 19.6. The fraction of sp³-hybridized carbons (Fsp3) is 0.381. The molecule has 29 heavy (non-hydrogen) atoms. The van der Waals surface area contributed by atoms with Crippen molar-refractivity contribution >= 4 is 35.3 Å². The maximum absolute atomic E-state index is 5.49. The number of hydrogen-bond acceptors (Lipinski definition) is 7. The smallest absolute Gasteiger partial charge is 0.145 e. The van der Waals surface area contributed by atoms with Crippen LogP contribution in [0.25, 0.3) is 0 Å². The zero-order valence-electron chi connectivity index (χ0n) is 16.4. The van der Waals surface area contributed by atoms with Crippen molar-refractivity contribution in [3.8, 4) is 0 Å². The van der Waals surface area contributed by atoms with Crippen molar-refractivity contribution in [3.05, 3.63) is 53.6 Å². The van der Waals surface area contributed by atoms with Crippen molar-refractivity contribution < 1.29 is 0 Å². The molecule has 3 heterocycles. The second-order valence-corrected chi connectivity index (χ2v) is 7.64. The van der Waals surface area contributed by atoms with Gasteiger partial charge in [0.25, 0.3) is 0 Å². The molecule has 0 spiro atoms.